The molecule has 0 bridgehead atoms. The van der Waals surface area contributed by atoms with Crippen molar-refractivity contribution in [2.75, 3.05) is 5.32 Å². The molecule has 2 aromatic carbocycles. The van der Waals surface area contributed by atoms with Gasteiger partial charge < -0.3 is 5.32 Å². The van der Waals surface area contributed by atoms with Crippen molar-refractivity contribution in [3.8, 4) is 0 Å². The lowest BCUT2D eigenvalue weighted by Gasteiger charge is -2.10. The Labute approximate surface area is 137 Å². The molecule has 0 unspecified atom stereocenters. The van der Waals surface area contributed by atoms with E-state index in [-0.39, 0.29) is 15.7 Å². The van der Waals surface area contributed by atoms with Gasteiger partial charge in [-0.3, -0.25) is 14.9 Å². The Balaban J connectivity index is 2.35. The van der Waals surface area contributed by atoms with Crippen molar-refractivity contribution in [2.24, 2.45) is 0 Å². The highest BCUT2D eigenvalue weighted by atomic mass is 79.9. The summed E-state index contributed by atoms with van der Waals surface area (Å²) >= 11 is 6.52. The van der Waals surface area contributed by atoms with Crippen LogP contribution in [0.4, 0.5) is 11.4 Å². The summed E-state index contributed by atoms with van der Waals surface area (Å²) in [4.78, 5) is 22.6. The molecule has 0 radical (unpaired) electrons. The van der Waals surface area contributed by atoms with E-state index in [2.05, 4.69) is 37.2 Å². The molecular formula is C14H10Br2N2O3. The number of hydrogen-bond acceptors (Lipinski definition) is 3. The third kappa shape index (κ3) is 3.30. The predicted octanol–water partition coefficient (Wildman–Crippen LogP) is 4.68. The number of carbonyl (C=O) groups excluding carboxylic acids is 1. The third-order valence-corrected chi connectivity index (χ3v) is 4.75. The molecule has 0 saturated carbocycles. The van der Waals surface area contributed by atoms with Crippen molar-refractivity contribution < 1.29 is 9.72 Å². The summed E-state index contributed by atoms with van der Waals surface area (Å²) < 4.78 is 0.941. The van der Waals surface area contributed by atoms with Crippen LogP contribution in [0.2, 0.25) is 0 Å². The van der Waals surface area contributed by atoms with Gasteiger partial charge in [-0.1, -0.05) is 18.2 Å². The van der Waals surface area contributed by atoms with Crippen LogP contribution in [-0.2, 0) is 0 Å². The zero-order valence-electron chi connectivity index (χ0n) is 10.9. The molecule has 0 aromatic heterocycles. The van der Waals surface area contributed by atoms with E-state index in [9.17, 15) is 14.9 Å². The molecule has 7 heteroatoms. The number of nitrogens with zero attached hydrogens (tertiary/aromatic N) is 1. The molecule has 2 rings (SSSR count). The Morgan fingerprint density at radius 1 is 1.14 bits per heavy atom. The van der Waals surface area contributed by atoms with Crippen LogP contribution in [0, 0.1) is 17.0 Å². The first-order chi connectivity index (χ1) is 9.91. The Morgan fingerprint density at radius 3 is 2.48 bits per heavy atom. The van der Waals surface area contributed by atoms with Crippen molar-refractivity contribution in [3.63, 3.8) is 0 Å². The average molecular weight is 414 g/mol. The third-order valence-electron chi connectivity index (χ3n) is 2.86. The van der Waals surface area contributed by atoms with Crippen LogP contribution >= 0.6 is 31.9 Å². The van der Waals surface area contributed by atoms with E-state index in [1.165, 1.54) is 18.2 Å². The highest BCUT2D eigenvalue weighted by molar-refractivity contribution is 9.11. The van der Waals surface area contributed by atoms with Gasteiger partial charge in [-0.15, -0.1) is 0 Å². The molecule has 5 nitrogen and oxygen atoms in total. The quantitative estimate of drug-likeness (QED) is 0.586. The van der Waals surface area contributed by atoms with Gasteiger partial charge in [0, 0.05) is 10.5 Å². The first kappa shape index (κ1) is 15.7. The molecule has 0 saturated heterocycles. The molecule has 2 aromatic rings. The fraction of sp³-hybridized carbons (Fsp3) is 0.0714. The Morgan fingerprint density at radius 2 is 1.81 bits per heavy atom. The van der Waals surface area contributed by atoms with Gasteiger partial charge >= 0.3 is 0 Å². The number of nitro groups is 1. The van der Waals surface area contributed by atoms with Gasteiger partial charge in [0.15, 0.2) is 0 Å². The molecular weight excluding hydrogens is 404 g/mol. The molecule has 0 aliphatic carbocycles. The fourth-order valence-corrected chi connectivity index (χ4v) is 2.72. The minimum atomic E-state index is -0.538. The number of benzene rings is 2. The lowest BCUT2D eigenvalue weighted by atomic mass is 10.1. The molecule has 1 N–H and O–H groups in total. The largest absolute Gasteiger partial charge is 0.321 e. The van der Waals surface area contributed by atoms with Crippen LogP contribution < -0.4 is 5.32 Å². The number of rotatable bonds is 3. The molecule has 1 amide bonds. The van der Waals surface area contributed by atoms with E-state index in [0.29, 0.717) is 5.69 Å². The maximum atomic E-state index is 12.3. The fourth-order valence-electron chi connectivity index (χ4n) is 1.77. The van der Waals surface area contributed by atoms with Gasteiger partial charge in [0.25, 0.3) is 11.6 Å². The van der Waals surface area contributed by atoms with Crippen molar-refractivity contribution in [2.45, 2.75) is 6.92 Å². The number of amides is 1. The highest BCUT2D eigenvalue weighted by Gasteiger charge is 2.20. The molecule has 108 valence electrons. The first-order valence-electron chi connectivity index (χ1n) is 5.91. The molecule has 0 heterocycles. The molecule has 0 fully saturated rings. The summed E-state index contributed by atoms with van der Waals surface area (Å²) in [7, 11) is 0. The number of nitrogens with one attached hydrogen (secondary N) is 1. The highest BCUT2D eigenvalue weighted by Crippen LogP contribution is 2.30. The van der Waals surface area contributed by atoms with Crippen LogP contribution in [0.25, 0.3) is 0 Å². The van der Waals surface area contributed by atoms with Gasteiger partial charge in [0.05, 0.1) is 16.2 Å². The average Bonchev–Trinajstić information content (AvgIpc) is 2.43. The second-order valence-corrected chi connectivity index (χ2v) is 5.87. The smallest absolute Gasteiger partial charge is 0.284 e. The predicted molar refractivity (Wildman–Crippen MR) is 87.6 cm³/mol. The van der Waals surface area contributed by atoms with Gasteiger partial charge in [-0.25, -0.2) is 0 Å². The Kier molecular flexibility index (Phi) is 4.74. The zero-order valence-corrected chi connectivity index (χ0v) is 14.1. The Hall–Kier alpha value is -1.73. The van der Waals surface area contributed by atoms with Gasteiger partial charge in [-0.2, -0.15) is 0 Å². The van der Waals surface area contributed by atoms with Crippen molar-refractivity contribution in [1.29, 1.82) is 0 Å². The van der Waals surface area contributed by atoms with E-state index in [1.807, 2.05) is 19.1 Å². The summed E-state index contributed by atoms with van der Waals surface area (Å²) in [5.74, 6) is -0.420. The van der Waals surface area contributed by atoms with Crippen LogP contribution in [0.3, 0.4) is 0 Å². The molecule has 21 heavy (non-hydrogen) atoms. The second kappa shape index (κ2) is 6.36. The van der Waals surface area contributed by atoms with Crippen LogP contribution in [-0.4, -0.2) is 10.8 Å². The van der Waals surface area contributed by atoms with E-state index in [0.717, 1.165) is 10.0 Å². The summed E-state index contributed by atoms with van der Waals surface area (Å²) in [5, 5.41) is 13.6. The maximum absolute atomic E-state index is 12.3. The van der Waals surface area contributed by atoms with Gasteiger partial charge in [-0.05, 0) is 56.5 Å². The van der Waals surface area contributed by atoms with Crippen molar-refractivity contribution >= 4 is 49.1 Å². The number of halogens is 2. The number of anilines is 1. The van der Waals surface area contributed by atoms with Gasteiger partial charge in [0.1, 0.15) is 4.47 Å². The number of nitro benzene ring substituents is 1. The Bertz CT molecular complexity index is 732. The SMILES string of the molecule is Cc1cccc(NC(=O)c2cccc([N+](=O)[O-])c2Br)c1Br. The topological polar surface area (TPSA) is 72.2 Å². The van der Waals surface area contributed by atoms with Crippen LogP contribution in [0.5, 0.6) is 0 Å². The van der Waals surface area contributed by atoms with E-state index in [4.69, 9.17) is 0 Å². The van der Waals surface area contributed by atoms with Crippen molar-refractivity contribution in [3.05, 3.63) is 66.6 Å². The minimum absolute atomic E-state index is 0.147. The maximum Gasteiger partial charge on any atom is 0.284 e. The van der Waals surface area contributed by atoms with Crippen LogP contribution in [0.15, 0.2) is 45.3 Å². The summed E-state index contributed by atoms with van der Waals surface area (Å²) in [5.41, 5.74) is 1.65. The summed E-state index contributed by atoms with van der Waals surface area (Å²) in [6, 6.07) is 9.81. The minimum Gasteiger partial charge on any atom is -0.321 e. The van der Waals surface area contributed by atoms with Crippen molar-refractivity contribution in [1.82, 2.24) is 0 Å². The molecule has 0 aliphatic heterocycles. The summed E-state index contributed by atoms with van der Waals surface area (Å²) in [6.07, 6.45) is 0. The molecule has 0 aliphatic rings. The normalized spacial score (nSPS) is 10.2. The zero-order chi connectivity index (χ0) is 15.6. The number of aryl methyl sites for hydroxylation is 1. The molecule has 0 atom stereocenters. The number of hydrogen-bond donors (Lipinski definition) is 1. The monoisotopic (exact) mass is 412 g/mol. The number of carbonyl (C=O) groups is 1. The lowest BCUT2D eigenvalue weighted by molar-refractivity contribution is -0.385. The van der Waals surface area contributed by atoms with E-state index >= 15 is 0 Å². The second-order valence-electron chi connectivity index (χ2n) is 4.29. The lowest BCUT2D eigenvalue weighted by Crippen LogP contribution is -2.13. The first-order valence-corrected chi connectivity index (χ1v) is 7.49. The van der Waals surface area contributed by atoms with E-state index < -0.39 is 10.8 Å². The standard InChI is InChI=1S/C14H10Br2N2O3/c1-8-4-2-6-10(12(8)15)17-14(19)9-5-3-7-11(13(9)16)18(20)21/h2-7H,1H3,(H,17,19). The molecule has 0 spiro atoms. The van der Waals surface area contributed by atoms with E-state index in [1.54, 1.807) is 6.07 Å². The van der Waals surface area contributed by atoms with Gasteiger partial charge in [0.2, 0.25) is 0 Å². The summed E-state index contributed by atoms with van der Waals surface area (Å²) in [6.45, 7) is 1.91. The van der Waals surface area contributed by atoms with Crippen LogP contribution in [0.1, 0.15) is 15.9 Å².